The third kappa shape index (κ3) is 3.15. The molecule has 28 heavy (non-hydrogen) atoms. The summed E-state index contributed by atoms with van der Waals surface area (Å²) in [6.45, 7) is 1.36. The fourth-order valence-corrected chi connectivity index (χ4v) is 4.19. The second-order valence-corrected chi connectivity index (χ2v) is 7.64. The quantitative estimate of drug-likeness (QED) is 0.672. The molecule has 1 atom stereocenters. The molecule has 1 aliphatic carbocycles. The summed E-state index contributed by atoms with van der Waals surface area (Å²) in [6, 6.07) is 1.61. The standard InChI is InChI=1S/C20H26FN3O4/c1-22-11-4-3-7-23(9-11)17-15(21)8-13-16(19(17)28-2)24(12-5-6-12)10-14(18(13)25)20(26)27/h8,10-12,20,22,26-27H,3-7,9H2,1-2H3. The van der Waals surface area contributed by atoms with E-state index in [0.717, 1.165) is 25.7 Å². The third-order valence-electron chi connectivity index (χ3n) is 5.79. The maximum Gasteiger partial charge on any atom is 0.197 e. The van der Waals surface area contributed by atoms with E-state index in [1.807, 2.05) is 16.5 Å². The van der Waals surface area contributed by atoms with Gasteiger partial charge in [0.25, 0.3) is 0 Å². The Morgan fingerprint density at radius 3 is 2.68 bits per heavy atom. The number of hydrogen-bond acceptors (Lipinski definition) is 6. The summed E-state index contributed by atoms with van der Waals surface area (Å²) in [4.78, 5) is 14.8. The maximum absolute atomic E-state index is 15.2. The van der Waals surface area contributed by atoms with E-state index in [0.29, 0.717) is 30.0 Å². The Balaban J connectivity index is 1.98. The average molecular weight is 391 g/mol. The SMILES string of the molecule is CNC1CCCN(c2c(F)cc3c(=O)c(C(O)O)cn(C4CC4)c3c2OC)C1. The van der Waals surface area contributed by atoms with Crippen molar-refractivity contribution in [2.24, 2.45) is 0 Å². The van der Waals surface area contributed by atoms with E-state index < -0.39 is 17.5 Å². The molecule has 0 spiro atoms. The Kier molecular flexibility index (Phi) is 5.03. The van der Waals surface area contributed by atoms with Crippen molar-refractivity contribution in [3.8, 4) is 5.75 Å². The number of likely N-dealkylation sites (N-methyl/N-ethyl adjacent to an activating group) is 1. The molecule has 1 aromatic heterocycles. The Labute approximate surface area is 162 Å². The summed E-state index contributed by atoms with van der Waals surface area (Å²) < 4.78 is 22.7. The van der Waals surface area contributed by atoms with Gasteiger partial charge in [-0.05, 0) is 38.8 Å². The number of methoxy groups -OCH3 is 1. The van der Waals surface area contributed by atoms with Crippen LogP contribution in [0.4, 0.5) is 10.1 Å². The van der Waals surface area contributed by atoms with Gasteiger partial charge in [0.15, 0.2) is 23.3 Å². The number of nitrogens with zero attached hydrogens (tertiary/aromatic N) is 2. The number of aromatic nitrogens is 1. The van der Waals surface area contributed by atoms with Gasteiger partial charge in [0.05, 0.1) is 23.6 Å². The van der Waals surface area contributed by atoms with E-state index in [-0.39, 0.29) is 23.0 Å². The number of aliphatic hydroxyl groups is 2. The molecule has 7 nitrogen and oxygen atoms in total. The number of ether oxygens (including phenoxy) is 1. The van der Waals surface area contributed by atoms with Gasteiger partial charge in [-0.2, -0.15) is 0 Å². The topological polar surface area (TPSA) is 87.0 Å². The van der Waals surface area contributed by atoms with E-state index in [2.05, 4.69) is 5.32 Å². The molecule has 4 rings (SSSR count). The van der Waals surface area contributed by atoms with Gasteiger partial charge in [0.1, 0.15) is 5.69 Å². The largest absolute Gasteiger partial charge is 0.492 e. The smallest absolute Gasteiger partial charge is 0.197 e. The van der Waals surface area contributed by atoms with Crippen molar-refractivity contribution in [3.63, 3.8) is 0 Å². The first-order valence-electron chi connectivity index (χ1n) is 9.69. The normalized spacial score (nSPS) is 20.2. The number of piperidine rings is 1. The van der Waals surface area contributed by atoms with Crippen molar-refractivity contribution in [2.45, 2.75) is 44.1 Å². The molecule has 8 heteroatoms. The van der Waals surface area contributed by atoms with Gasteiger partial charge in [-0.3, -0.25) is 4.79 Å². The van der Waals surface area contributed by atoms with Crippen LogP contribution in [0.2, 0.25) is 0 Å². The van der Waals surface area contributed by atoms with Crippen molar-refractivity contribution in [1.29, 1.82) is 0 Å². The fraction of sp³-hybridized carbons (Fsp3) is 0.550. The lowest BCUT2D eigenvalue weighted by molar-refractivity contribution is -0.0435. The fourth-order valence-electron chi connectivity index (χ4n) is 4.19. The van der Waals surface area contributed by atoms with Crippen LogP contribution in [0.5, 0.6) is 5.75 Å². The lowest BCUT2D eigenvalue weighted by Gasteiger charge is -2.35. The van der Waals surface area contributed by atoms with Crippen LogP contribution >= 0.6 is 0 Å². The van der Waals surface area contributed by atoms with Crippen LogP contribution in [-0.4, -0.2) is 48.1 Å². The molecule has 152 valence electrons. The van der Waals surface area contributed by atoms with Gasteiger partial charge in [-0.25, -0.2) is 4.39 Å². The molecule has 1 saturated carbocycles. The van der Waals surface area contributed by atoms with Crippen LogP contribution in [0.1, 0.15) is 43.6 Å². The molecule has 2 aliphatic rings. The van der Waals surface area contributed by atoms with E-state index in [9.17, 15) is 15.0 Å². The van der Waals surface area contributed by atoms with Gasteiger partial charge in [-0.1, -0.05) is 0 Å². The van der Waals surface area contributed by atoms with Crippen LogP contribution < -0.4 is 20.4 Å². The zero-order valence-electron chi connectivity index (χ0n) is 16.1. The van der Waals surface area contributed by atoms with Crippen LogP contribution in [0, 0.1) is 5.82 Å². The summed E-state index contributed by atoms with van der Waals surface area (Å²) in [6.07, 6.45) is 3.35. The molecule has 0 amide bonds. The van der Waals surface area contributed by atoms with E-state index in [4.69, 9.17) is 4.74 Å². The number of benzene rings is 1. The summed E-state index contributed by atoms with van der Waals surface area (Å²) >= 11 is 0. The molecular weight excluding hydrogens is 365 g/mol. The second kappa shape index (κ2) is 7.35. The van der Waals surface area contributed by atoms with Crippen LogP contribution in [-0.2, 0) is 0 Å². The number of halogens is 1. The molecule has 2 heterocycles. The molecular formula is C20H26FN3O4. The Morgan fingerprint density at radius 2 is 2.07 bits per heavy atom. The molecule has 0 bridgehead atoms. The average Bonchev–Trinajstić information content (AvgIpc) is 3.52. The van der Waals surface area contributed by atoms with Crippen LogP contribution in [0.25, 0.3) is 10.9 Å². The first-order valence-corrected chi connectivity index (χ1v) is 9.69. The van der Waals surface area contributed by atoms with Gasteiger partial charge in [0, 0.05) is 31.4 Å². The van der Waals surface area contributed by atoms with E-state index in [1.165, 1.54) is 19.4 Å². The maximum atomic E-state index is 15.2. The number of pyridine rings is 1. The minimum Gasteiger partial charge on any atom is -0.492 e. The number of anilines is 1. The number of rotatable bonds is 5. The zero-order valence-corrected chi connectivity index (χ0v) is 16.1. The molecule has 1 aromatic carbocycles. The summed E-state index contributed by atoms with van der Waals surface area (Å²) in [5.41, 5.74) is 0.141. The molecule has 0 radical (unpaired) electrons. The molecule has 3 N–H and O–H groups in total. The lowest BCUT2D eigenvalue weighted by Crippen LogP contribution is -2.45. The van der Waals surface area contributed by atoms with Crippen molar-refractivity contribution < 1.29 is 19.3 Å². The molecule has 1 aliphatic heterocycles. The first-order chi connectivity index (χ1) is 13.5. The van der Waals surface area contributed by atoms with Gasteiger partial charge in [0.2, 0.25) is 0 Å². The molecule has 1 saturated heterocycles. The van der Waals surface area contributed by atoms with E-state index >= 15 is 4.39 Å². The number of fused-ring (bicyclic) bond motifs is 1. The molecule has 2 fully saturated rings. The minimum atomic E-state index is -1.91. The Morgan fingerprint density at radius 1 is 1.32 bits per heavy atom. The van der Waals surface area contributed by atoms with Crippen LogP contribution in [0.3, 0.4) is 0 Å². The van der Waals surface area contributed by atoms with Gasteiger partial charge < -0.3 is 29.7 Å². The number of aliphatic hydroxyl groups excluding tert-OH is 1. The summed E-state index contributed by atoms with van der Waals surface area (Å²) in [5, 5.41) is 22.6. The minimum absolute atomic E-state index is 0.109. The lowest BCUT2D eigenvalue weighted by atomic mass is 10.0. The molecule has 2 aromatic rings. The van der Waals surface area contributed by atoms with E-state index in [1.54, 1.807) is 0 Å². The Hall–Kier alpha value is -2.16. The predicted octanol–water partition coefficient (Wildman–Crippen LogP) is 1.66. The zero-order chi connectivity index (χ0) is 20.0. The summed E-state index contributed by atoms with van der Waals surface area (Å²) in [5.74, 6) is -0.208. The van der Waals surface area contributed by atoms with Gasteiger partial charge >= 0.3 is 0 Å². The first kappa shape index (κ1) is 19.2. The van der Waals surface area contributed by atoms with Crippen molar-refractivity contribution >= 4 is 16.6 Å². The highest BCUT2D eigenvalue weighted by atomic mass is 19.1. The van der Waals surface area contributed by atoms with Crippen LogP contribution in [0.15, 0.2) is 17.1 Å². The predicted molar refractivity (Wildman–Crippen MR) is 104 cm³/mol. The van der Waals surface area contributed by atoms with Gasteiger partial charge in [-0.15, -0.1) is 0 Å². The molecule has 1 unspecified atom stereocenters. The highest BCUT2D eigenvalue weighted by Crippen LogP contribution is 2.44. The second-order valence-electron chi connectivity index (χ2n) is 7.64. The number of hydrogen-bond donors (Lipinski definition) is 3. The van der Waals surface area contributed by atoms with Crippen molar-refractivity contribution in [1.82, 2.24) is 9.88 Å². The Bertz CT molecular complexity index is 955. The highest BCUT2D eigenvalue weighted by Gasteiger charge is 2.32. The van der Waals surface area contributed by atoms with Crippen molar-refractivity contribution in [3.05, 3.63) is 33.9 Å². The highest BCUT2D eigenvalue weighted by molar-refractivity contribution is 5.92. The third-order valence-corrected chi connectivity index (χ3v) is 5.79. The monoisotopic (exact) mass is 391 g/mol. The number of nitrogens with one attached hydrogen (secondary N) is 1. The van der Waals surface area contributed by atoms with Crippen molar-refractivity contribution in [2.75, 3.05) is 32.1 Å². The summed E-state index contributed by atoms with van der Waals surface area (Å²) in [7, 11) is 3.38.